The normalized spacial score (nSPS) is 13.1. The van der Waals surface area contributed by atoms with E-state index in [0.717, 1.165) is 30.2 Å². The van der Waals surface area contributed by atoms with E-state index in [-0.39, 0.29) is 15.7 Å². The Morgan fingerprint density at radius 1 is 0.800 bits per heavy atom. The number of nitrogens with one attached hydrogen (secondary N) is 1. The zero-order valence-corrected chi connectivity index (χ0v) is 23.1. The first-order chi connectivity index (χ1) is 16.1. The summed E-state index contributed by atoms with van der Waals surface area (Å²) in [7, 11) is -7.76. The summed E-state index contributed by atoms with van der Waals surface area (Å²) in [5.41, 5.74) is 1.90. The molecule has 0 unspecified atom stereocenters. The van der Waals surface area contributed by atoms with E-state index in [9.17, 15) is 16.8 Å². The maximum Gasteiger partial charge on any atom is 0.339 e. The van der Waals surface area contributed by atoms with Gasteiger partial charge in [-0.3, -0.25) is 4.72 Å². The predicted molar refractivity (Wildman–Crippen MR) is 143 cm³/mol. The Bertz CT molecular complexity index is 1460. The van der Waals surface area contributed by atoms with Crippen molar-refractivity contribution in [2.75, 3.05) is 11.0 Å². The van der Waals surface area contributed by atoms with Crippen LogP contribution in [-0.4, -0.2) is 23.1 Å². The van der Waals surface area contributed by atoms with Crippen molar-refractivity contribution in [1.29, 1.82) is 0 Å². The van der Waals surface area contributed by atoms with Crippen LogP contribution in [0.1, 0.15) is 65.5 Å². The molecule has 0 amide bonds. The van der Waals surface area contributed by atoms with Crippen LogP contribution in [0, 0.1) is 0 Å². The van der Waals surface area contributed by atoms with E-state index in [1.807, 2.05) is 6.07 Å². The highest BCUT2D eigenvalue weighted by atomic mass is 32.2. The lowest BCUT2D eigenvalue weighted by atomic mass is 9.76. The molecule has 1 N–H and O–H groups in total. The Hall–Kier alpha value is -2.58. The van der Waals surface area contributed by atoms with E-state index < -0.39 is 20.1 Å². The molecule has 0 aromatic heterocycles. The molecular formula is C27H35NO5S2. The van der Waals surface area contributed by atoms with Gasteiger partial charge in [-0.2, -0.15) is 8.42 Å². The second-order valence-corrected chi connectivity index (χ2v) is 13.5. The van der Waals surface area contributed by atoms with Crippen molar-refractivity contribution >= 4 is 36.6 Å². The zero-order chi connectivity index (χ0) is 26.2. The highest BCUT2D eigenvalue weighted by molar-refractivity contribution is 7.92. The van der Waals surface area contributed by atoms with Crippen molar-refractivity contribution in [3.05, 3.63) is 65.7 Å². The van der Waals surface area contributed by atoms with Crippen LogP contribution in [0.2, 0.25) is 0 Å². The molecule has 3 aromatic rings. The van der Waals surface area contributed by atoms with Gasteiger partial charge < -0.3 is 4.18 Å². The molecule has 190 valence electrons. The first-order valence-electron chi connectivity index (χ1n) is 11.7. The van der Waals surface area contributed by atoms with Gasteiger partial charge in [-0.25, -0.2) is 8.42 Å². The summed E-state index contributed by atoms with van der Waals surface area (Å²) in [5, 5.41) is 0.845. The number of anilines is 1. The summed E-state index contributed by atoms with van der Waals surface area (Å²) in [6, 6.07) is 15.3. The molecular weight excluding hydrogens is 482 g/mol. The molecule has 0 spiro atoms. The standard InChI is InChI=1S/C27H35NO5S2/c1-8-26(3,4)19-14-16-24(22(18-19)27(5,6)9-2)33-35(31,32)25-17-15-23(28-34(7,29)30)20-12-10-11-13-21(20)25/h10-18,28H,8-9H2,1-7H3. The van der Waals surface area contributed by atoms with E-state index in [1.165, 1.54) is 12.1 Å². The maximum absolute atomic E-state index is 13.6. The first kappa shape index (κ1) is 27.0. The van der Waals surface area contributed by atoms with Gasteiger partial charge in [0.2, 0.25) is 10.0 Å². The van der Waals surface area contributed by atoms with Crippen molar-refractivity contribution < 1.29 is 21.0 Å². The smallest absolute Gasteiger partial charge is 0.339 e. The van der Waals surface area contributed by atoms with Crippen molar-refractivity contribution in [2.24, 2.45) is 0 Å². The van der Waals surface area contributed by atoms with Crippen molar-refractivity contribution in [1.82, 2.24) is 0 Å². The summed E-state index contributed by atoms with van der Waals surface area (Å²) in [6.07, 6.45) is 2.79. The molecule has 0 fully saturated rings. The van der Waals surface area contributed by atoms with Crippen molar-refractivity contribution in [3.8, 4) is 5.75 Å². The van der Waals surface area contributed by atoms with Gasteiger partial charge in [0.25, 0.3) is 0 Å². The van der Waals surface area contributed by atoms with Crippen LogP contribution in [0.5, 0.6) is 5.75 Å². The Kier molecular flexibility index (Phi) is 7.31. The second kappa shape index (κ2) is 9.47. The average molecular weight is 518 g/mol. The molecule has 0 heterocycles. The Labute approximate surface area is 209 Å². The van der Waals surface area contributed by atoms with Gasteiger partial charge >= 0.3 is 10.1 Å². The molecule has 0 radical (unpaired) electrons. The van der Waals surface area contributed by atoms with Crippen molar-refractivity contribution in [3.63, 3.8) is 0 Å². The molecule has 0 saturated heterocycles. The maximum atomic E-state index is 13.6. The number of rotatable bonds is 9. The molecule has 0 aliphatic rings. The molecule has 0 aliphatic heterocycles. The number of hydrogen-bond donors (Lipinski definition) is 1. The fourth-order valence-corrected chi connectivity index (χ4v) is 5.62. The van der Waals surface area contributed by atoms with Crippen LogP contribution in [0.15, 0.2) is 59.5 Å². The molecule has 8 heteroatoms. The van der Waals surface area contributed by atoms with E-state index in [2.05, 4.69) is 52.3 Å². The summed E-state index contributed by atoms with van der Waals surface area (Å²) in [6.45, 7) is 12.7. The monoisotopic (exact) mass is 517 g/mol. The molecule has 0 bridgehead atoms. The third-order valence-corrected chi connectivity index (χ3v) is 8.79. The first-order valence-corrected chi connectivity index (χ1v) is 15.0. The molecule has 3 aromatic carbocycles. The fourth-order valence-electron chi connectivity index (χ4n) is 3.89. The summed E-state index contributed by atoms with van der Waals surface area (Å²) in [5.74, 6) is 0.301. The van der Waals surface area contributed by atoms with Crippen LogP contribution < -0.4 is 8.91 Å². The van der Waals surface area contributed by atoms with Gasteiger partial charge in [-0.05, 0) is 47.4 Å². The Balaban J connectivity index is 2.15. The minimum absolute atomic E-state index is 0.0228. The Morgan fingerprint density at radius 3 is 1.97 bits per heavy atom. The quantitative estimate of drug-likeness (QED) is 0.334. The molecule has 3 rings (SSSR count). The fraction of sp³-hybridized carbons (Fsp3) is 0.407. The lowest BCUT2D eigenvalue weighted by Gasteiger charge is -2.30. The number of sulfonamides is 1. The van der Waals surface area contributed by atoms with E-state index >= 15 is 0 Å². The summed E-state index contributed by atoms with van der Waals surface area (Å²) < 4.78 is 58.9. The Morgan fingerprint density at radius 2 is 1.40 bits per heavy atom. The van der Waals surface area contributed by atoms with Crippen LogP contribution in [0.25, 0.3) is 10.8 Å². The van der Waals surface area contributed by atoms with Gasteiger partial charge in [0.1, 0.15) is 10.6 Å². The SMILES string of the molecule is CCC(C)(C)c1ccc(OS(=O)(=O)c2ccc(NS(C)(=O)=O)c3ccccc23)c(C(C)(C)CC)c1. The number of fused-ring (bicyclic) bond motifs is 1. The van der Waals surface area contributed by atoms with Crippen LogP contribution in [0.4, 0.5) is 5.69 Å². The van der Waals surface area contributed by atoms with Crippen LogP contribution >= 0.6 is 0 Å². The molecule has 6 nitrogen and oxygen atoms in total. The van der Waals surface area contributed by atoms with Gasteiger partial charge in [-0.1, -0.05) is 77.9 Å². The predicted octanol–water partition coefficient (Wildman–Crippen LogP) is 6.35. The van der Waals surface area contributed by atoms with E-state index in [0.29, 0.717) is 22.2 Å². The highest BCUT2D eigenvalue weighted by Crippen LogP contribution is 2.40. The summed E-state index contributed by atoms with van der Waals surface area (Å²) >= 11 is 0. The van der Waals surface area contributed by atoms with Crippen molar-refractivity contribution in [2.45, 2.75) is 70.1 Å². The number of hydrogen-bond acceptors (Lipinski definition) is 5. The lowest BCUT2D eigenvalue weighted by Crippen LogP contribution is -2.22. The lowest BCUT2D eigenvalue weighted by molar-refractivity contribution is 0.449. The van der Waals surface area contributed by atoms with E-state index in [4.69, 9.17) is 4.18 Å². The highest BCUT2D eigenvalue weighted by Gasteiger charge is 2.30. The topological polar surface area (TPSA) is 89.5 Å². The molecule has 0 aliphatic carbocycles. The van der Waals surface area contributed by atoms with Gasteiger partial charge in [-0.15, -0.1) is 0 Å². The third kappa shape index (κ3) is 5.81. The third-order valence-electron chi connectivity index (χ3n) is 6.91. The minimum atomic E-state index is -4.22. The van der Waals surface area contributed by atoms with Gasteiger partial charge in [0.15, 0.2) is 0 Å². The second-order valence-electron chi connectivity index (χ2n) is 10.3. The molecule has 0 atom stereocenters. The molecule has 0 saturated carbocycles. The van der Waals surface area contributed by atoms with Gasteiger partial charge in [0, 0.05) is 16.3 Å². The van der Waals surface area contributed by atoms with Crippen LogP contribution in [-0.2, 0) is 31.0 Å². The number of benzene rings is 3. The van der Waals surface area contributed by atoms with E-state index in [1.54, 1.807) is 30.3 Å². The van der Waals surface area contributed by atoms with Gasteiger partial charge in [0.05, 0.1) is 11.9 Å². The largest absolute Gasteiger partial charge is 0.379 e. The average Bonchev–Trinajstić information content (AvgIpc) is 2.78. The van der Waals surface area contributed by atoms with Crippen LogP contribution in [0.3, 0.4) is 0 Å². The summed E-state index contributed by atoms with van der Waals surface area (Å²) in [4.78, 5) is -0.0228. The molecule has 35 heavy (non-hydrogen) atoms. The minimum Gasteiger partial charge on any atom is -0.379 e. The zero-order valence-electron chi connectivity index (χ0n) is 21.5.